The van der Waals surface area contributed by atoms with Gasteiger partial charge in [0.15, 0.2) is 11.6 Å². The monoisotopic (exact) mass is 297 g/mol. The summed E-state index contributed by atoms with van der Waals surface area (Å²) in [4.78, 5) is 10.7. The lowest BCUT2D eigenvalue weighted by atomic mass is 9.98. The minimum Gasteiger partial charge on any atom is -0.481 e. The van der Waals surface area contributed by atoms with E-state index in [0.29, 0.717) is 6.07 Å². The van der Waals surface area contributed by atoms with Gasteiger partial charge in [-0.2, -0.15) is 0 Å². The van der Waals surface area contributed by atoms with Gasteiger partial charge in [-0.05, 0) is 22.0 Å². The summed E-state index contributed by atoms with van der Waals surface area (Å²) in [7, 11) is 0. The van der Waals surface area contributed by atoms with Crippen molar-refractivity contribution in [2.75, 3.05) is 6.54 Å². The number of rotatable bonds is 3. The molecule has 0 saturated heterocycles. The van der Waals surface area contributed by atoms with Crippen LogP contribution in [0.1, 0.15) is 11.5 Å². The van der Waals surface area contributed by atoms with Gasteiger partial charge in [0.25, 0.3) is 0 Å². The topological polar surface area (TPSA) is 63.3 Å². The predicted molar refractivity (Wildman–Crippen MR) is 53.4 cm³/mol. The van der Waals surface area contributed by atoms with Crippen molar-refractivity contribution < 1.29 is 23.1 Å². The molecule has 1 aromatic rings. The van der Waals surface area contributed by atoms with Crippen molar-refractivity contribution >= 4 is 21.9 Å². The Labute approximate surface area is 97.2 Å². The third-order valence-corrected chi connectivity index (χ3v) is 2.77. The number of hydrogen-bond acceptors (Lipinski definition) is 2. The Kier molecular flexibility index (Phi) is 3.93. The molecule has 0 bridgehead atoms. The van der Waals surface area contributed by atoms with Crippen LogP contribution >= 0.6 is 15.9 Å². The Morgan fingerprint density at radius 3 is 2.44 bits per heavy atom. The van der Waals surface area contributed by atoms with Crippen molar-refractivity contribution in [1.82, 2.24) is 0 Å². The molecule has 16 heavy (non-hydrogen) atoms. The van der Waals surface area contributed by atoms with Gasteiger partial charge < -0.3 is 10.8 Å². The lowest BCUT2D eigenvalue weighted by Crippen LogP contribution is -2.23. The van der Waals surface area contributed by atoms with E-state index in [4.69, 9.17) is 10.8 Å². The number of carboxylic acid groups (broad SMARTS) is 1. The zero-order chi connectivity index (χ0) is 12.5. The average molecular weight is 298 g/mol. The highest BCUT2D eigenvalue weighted by atomic mass is 79.9. The SMILES string of the molecule is NCC(C(=O)O)c1cc(F)c(Br)c(F)c1F. The van der Waals surface area contributed by atoms with Gasteiger partial charge in [-0.15, -0.1) is 0 Å². The fourth-order valence-electron chi connectivity index (χ4n) is 1.21. The summed E-state index contributed by atoms with van der Waals surface area (Å²) in [5.74, 6) is -6.87. The molecule has 0 aliphatic heterocycles. The quantitative estimate of drug-likeness (QED) is 0.662. The van der Waals surface area contributed by atoms with E-state index in [-0.39, 0.29) is 0 Å². The Bertz CT molecular complexity index is 439. The van der Waals surface area contributed by atoms with E-state index in [9.17, 15) is 18.0 Å². The average Bonchev–Trinajstić information content (AvgIpc) is 2.23. The summed E-state index contributed by atoms with van der Waals surface area (Å²) in [6.45, 7) is -0.452. The molecule has 1 atom stereocenters. The number of hydrogen-bond donors (Lipinski definition) is 2. The highest BCUT2D eigenvalue weighted by Gasteiger charge is 2.26. The molecule has 0 spiro atoms. The van der Waals surface area contributed by atoms with Crippen molar-refractivity contribution in [3.05, 3.63) is 33.6 Å². The number of benzene rings is 1. The molecule has 0 heterocycles. The second-order valence-electron chi connectivity index (χ2n) is 3.02. The molecule has 1 unspecified atom stereocenters. The molecule has 0 amide bonds. The van der Waals surface area contributed by atoms with E-state index in [1.807, 2.05) is 0 Å². The van der Waals surface area contributed by atoms with Crippen LogP contribution in [0.15, 0.2) is 10.5 Å². The zero-order valence-electron chi connectivity index (χ0n) is 7.81. The zero-order valence-corrected chi connectivity index (χ0v) is 9.39. The van der Waals surface area contributed by atoms with Crippen LogP contribution < -0.4 is 5.73 Å². The Morgan fingerprint density at radius 2 is 2.00 bits per heavy atom. The van der Waals surface area contributed by atoms with Gasteiger partial charge in [0.05, 0.1) is 10.4 Å². The molecular weight excluding hydrogens is 291 g/mol. The molecule has 1 aromatic carbocycles. The molecule has 3 N–H and O–H groups in total. The van der Waals surface area contributed by atoms with Gasteiger partial charge in [-0.1, -0.05) is 0 Å². The van der Waals surface area contributed by atoms with E-state index < -0.39 is 45.9 Å². The van der Waals surface area contributed by atoms with Crippen molar-refractivity contribution in [1.29, 1.82) is 0 Å². The minimum atomic E-state index is -1.47. The first-order valence-corrected chi connectivity index (χ1v) is 4.95. The first-order valence-electron chi connectivity index (χ1n) is 4.15. The largest absolute Gasteiger partial charge is 0.481 e. The molecule has 0 saturated carbocycles. The van der Waals surface area contributed by atoms with E-state index in [0.717, 1.165) is 0 Å². The van der Waals surface area contributed by atoms with E-state index in [2.05, 4.69) is 15.9 Å². The molecule has 0 aliphatic rings. The van der Waals surface area contributed by atoms with Crippen LogP contribution in [0.5, 0.6) is 0 Å². The highest BCUT2D eigenvalue weighted by Crippen LogP contribution is 2.28. The standard InChI is InChI=1S/C9H7BrF3NO2/c10-6-5(11)1-3(7(12)8(6)13)4(2-14)9(15)16/h1,4H,2,14H2,(H,15,16). The van der Waals surface area contributed by atoms with Crippen LogP contribution in [0.3, 0.4) is 0 Å². The molecule has 0 radical (unpaired) electrons. The number of carbonyl (C=O) groups is 1. The summed E-state index contributed by atoms with van der Waals surface area (Å²) < 4.78 is 38.9. The minimum absolute atomic E-state index is 0.452. The predicted octanol–water partition coefficient (Wildman–Crippen LogP) is 1.99. The maximum absolute atomic E-state index is 13.3. The lowest BCUT2D eigenvalue weighted by Gasteiger charge is -2.12. The number of carboxylic acids is 1. The smallest absolute Gasteiger partial charge is 0.312 e. The summed E-state index contributed by atoms with van der Waals surface area (Å²) in [6, 6.07) is 0.619. The molecular formula is C9H7BrF3NO2. The van der Waals surface area contributed by atoms with Crippen molar-refractivity contribution in [3.63, 3.8) is 0 Å². The molecule has 0 fully saturated rings. The normalized spacial score (nSPS) is 12.6. The van der Waals surface area contributed by atoms with Gasteiger partial charge in [-0.25, -0.2) is 13.2 Å². The number of nitrogens with two attached hydrogens (primary N) is 1. The first kappa shape index (κ1) is 13.0. The van der Waals surface area contributed by atoms with E-state index in [1.54, 1.807) is 0 Å². The molecule has 3 nitrogen and oxygen atoms in total. The highest BCUT2D eigenvalue weighted by molar-refractivity contribution is 9.10. The first-order chi connectivity index (χ1) is 7.40. The summed E-state index contributed by atoms with van der Waals surface area (Å²) >= 11 is 2.50. The van der Waals surface area contributed by atoms with Crippen LogP contribution in [-0.4, -0.2) is 17.6 Å². The number of aliphatic carboxylic acids is 1. The summed E-state index contributed by atoms with van der Waals surface area (Å²) in [6.07, 6.45) is 0. The maximum Gasteiger partial charge on any atom is 0.312 e. The summed E-state index contributed by atoms with van der Waals surface area (Å²) in [5.41, 5.74) is 4.51. The van der Waals surface area contributed by atoms with Crippen LogP contribution in [-0.2, 0) is 4.79 Å². The van der Waals surface area contributed by atoms with Crippen LogP contribution in [0.4, 0.5) is 13.2 Å². The lowest BCUT2D eigenvalue weighted by molar-refractivity contribution is -0.138. The van der Waals surface area contributed by atoms with Gasteiger partial charge in [-0.3, -0.25) is 4.79 Å². The molecule has 0 aromatic heterocycles. The number of halogens is 4. The molecule has 1 rings (SSSR count). The van der Waals surface area contributed by atoms with Gasteiger partial charge >= 0.3 is 5.97 Å². The Hall–Kier alpha value is -1.08. The van der Waals surface area contributed by atoms with Gasteiger partial charge in [0, 0.05) is 12.1 Å². The van der Waals surface area contributed by atoms with Crippen LogP contribution in [0.25, 0.3) is 0 Å². The Balaban J connectivity index is 3.39. The van der Waals surface area contributed by atoms with Crippen LogP contribution in [0, 0.1) is 17.5 Å². The van der Waals surface area contributed by atoms with Gasteiger partial charge in [0.2, 0.25) is 0 Å². The molecule has 0 aliphatic carbocycles. The van der Waals surface area contributed by atoms with Crippen molar-refractivity contribution in [2.24, 2.45) is 5.73 Å². The van der Waals surface area contributed by atoms with Crippen molar-refractivity contribution in [2.45, 2.75) is 5.92 Å². The summed E-state index contributed by atoms with van der Waals surface area (Å²) in [5, 5.41) is 8.70. The molecule has 88 valence electrons. The fourth-order valence-corrected chi connectivity index (χ4v) is 1.49. The third-order valence-electron chi connectivity index (χ3n) is 2.04. The van der Waals surface area contributed by atoms with Crippen molar-refractivity contribution in [3.8, 4) is 0 Å². The van der Waals surface area contributed by atoms with E-state index in [1.165, 1.54) is 0 Å². The fraction of sp³-hybridized carbons (Fsp3) is 0.222. The Morgan fingerprint density at radius 1 is 1.44 bits per heavy atom. The maximum atomic E-state index is 13.3. The third kappa shape index (κ3) is 2.19. The second-order valence-corrected chi connectivity index (χ2v) is 3.81. The van der Waals surface area contributed by atoms with Crippen LogP contribution in [0.2, 0.25) is 0 Å². The molecule has 7 heteroatoms. The van der Waals surface area contributed by atoms with E-state index >= 15 is 0 Å². The second kappa shape index (κ2) is 4.84. The van der Waals surface area contributed by atoms with Gasteiger partial charge in [0.1, 0.15) is 5.82 Å².